The molecule has 4 nitrogen and oxygen atoms in total. The number of alkyl halides is 6. The third-order valence-corrected chi connectivity index (χ3v) is 9.84. The Labute approximate surface area is 215 Å². The summed E-state index contributed by atoms with van der Waals surface area (Å²) in [6.45, 7) is 0. The second kappa shape index (κ2) is 6.89. The van der Waals surface area contributed by atoms with E-state index in [1.807, 2.05) is 0 Å². The number of ether oxygens (including phenoxy) is 2. The molecule has 0 aromatic heterocycles. The summed E-state index contributed by atoms with van der Waals surface area (Å²) in [5.41, 5.74) is -15.8. The van der Waals surface area contributed by atoms with Gasteiger partial charge in [0, 0.05) is 38.5 Å². The van der Waals surface area contributed by atoms with Crippen molar-refractivity contribution in [1.29, 1.82) is 0 Å². The molecule has 0 radical (unpaired) electrons. The molecule has 38 heavy (non-hydrogen) atoms. The van der Waals surface area contributed by atoms with Crippen LogP contribution in [-0.4, -0.2) is 46.0 Å². The maximum atomic E-state index is 15.2. The second-order valence-corrected chi connectivity index (χ2v) is 13.8. The summed E-state index contributed by atoms with van der Waals surface area (Å²) in [7, 11) is 0. The molecule has 1 aromatic carbocycles. The first kappa shape index (κ1) is 24.8. The van der Waals surface area contributed by atoms with Crippen molar-refractivity contribution >= 4 is 11.9 Å². The Morgan fingerprint density at radius 3 is 0.868 bits per heavy atom. The largest absolute Gasteiger partial charge is 0.426 e. The van der Waals surface area contributed by atoms with Crippen LogP contribution in [0.3, 0.4) is 0 Å². The van der Waals surface area contributed by atoms with Gasteiger partial charge in [-0.2, -0.15) is 0 Å². The molecule has 8 saturated carbocycles. The number of benzene rings is 1. The van der Waals surface area contributed by atoms with Crippen LogP contribution in [0.1, 0.15) is 77.0 Å². The van der Waals surface area contributed by atoms with Crippen molar-refractivity contribution in [3.05, 3.63) is 24.3 Å². The number of hydrogen-bond acceptors (Lipinski definition) is 4. The minimum Gasteiger partial charge on any atom is -0.426 e. The van der Waals surface area contributed by atoms with Crippen LogP contribution in [0.15, 0.2) is 24.3 Å². The van der Waals surface area contributed by atoms with E-state index in [9.17, 15) is 9.59 Å². The Kier molecular flexibility index (Phi) is 4.49. The molecule has 0 spiro atoms. The van der Waals surface area contributed by atoms with Gasteiger partial charge in [0.2, 0.25) is 0 Å². The molecular formula is C28H28F6O4. The summed E-state index contributed by atoms with van der Waals surface area (Å²) in [6.07, 6.45) is -4.28. The van der Waals surface area contributed by atoms with E-state index in [2.05, 4.69) is 0 Å². The summed E-state index contributed by atoms with van der Waals surface area (Å²) in [4.78, 5) is 26.2. The molecular weight excluding hydrogens is 514 g/mol. The van der Waals surface area contributed by atoms with Crippen LogP contribution in [0.5, 0.6) is 11.5 Å². The highest BCUT2D eigenvalue weighted by Gasteiger charge is 2.74. The van der Waals surface area contributed by atoms with Crippen molar-refractivity contribution < 1.29 is 45.4 Å². The quantitative estimate of drug-likeness (QED) is 0.248. The van der Waals surface area contributed by atoms with Crippen molar-refractivity contribution in [3.8, 4) is 11.5 Å². The van der Waals surface area contributed by atoms with Gasteiger partial charge in [-0.25, -0.2) is 26.3 Å². The zero-order chi connectivity index (χ0) is 27.0. The van der Waals surface area contributed by atoms with Crippen LogP contribution in [0, 0.1) is 10.8 Å². The Bertz CT molecular complexity index is 1050. The number of halogens is 6. The maximum Gasteiger partial charge on any atom is 0.317 e. The molecule has 1 aromatic rings. The third kappa shape index (κ3) is 3.64. The van der Waals surface area contributed by atoms with Crippen LogP contribution in [-0.2, 0) is 9.59 Å². The van der Waals surface area contributed by atoms with Crippen LogP contribution in [0.2, 0.25) is 0 Å². The van der Waals surface area contributed by atoms with Crippen LogP contribution in [0.4, 0.5) is 26.3 Å². The summed E-state index contributed by atoms with van der Waals surface area (Å²) in [5.74, 6) is -1.81. The average molecular weight is 543 g/mol. The van der Waals surface area contributed by atoms with Crippen LogP contribution >= 0.6 is 0 Å². The van der Waals surface area contributed by atoms with Gasteiger partial charge in [0.25, 0.3) is 0 Å². The predicted molar refractivity (Wildman–Crippen MR) is 121 cm³/mol. The van der Waals surface area contributed by atoms with Crippen molar-refractivity contribution in [1.82, 2.24) is 0 Å². The van der Waals surface area contributed by atoms with Crippen molar-refractivity contribution in [2.75, 3.05) is 0 Å². The highest BCUT2D eigenvalue weighted by atomic mass is 19.2. The van der Waals surface area contributed by atoms with Gasteiger partial charge >= 0.3 is 11.9 Å². The molecule has 0 atom stereocenters. The number of esters is 2. The molecule has 9 rings (SSSR count). The van der Waals surface area contributed by atoms with E-state index < -0.39 is 95.3 Å². The fourth-order valence-electron chi connectivity index (χ4n) is 9.98. The van der Waals surface area contributed by atoms with E-state index in [0.29, 0.717) is 0 Å². The van der Waals surface area contributed by atoms with Crippen LogP contribution < -0.4 is 9.47 Å². The van der Waals surface area contributed by atoms with E-state index >= 15 is 26.3 Å². The summed E-state index contributed by atoms with van der Waals surface area (Å²) in [6, 6.07) is 5.19. The fraction of sp³-hybridized carbons (Fsp3) is 0.714. The van der Waals surface area contributed by atoms with Crippen molar-refractivity contribution in [2.24, 2.45) is 10.8 Å². The van der Waals surface area contributed by atoms with E-state index in [0.717, 1.165) is 0 Å². The number of carbonyl (C=O) groups excluding carboxylic acids is 2. The molecule has 8 bridgehead atoms. The summed E-state index contributed by atoms with van der Waals surface area (Å²) >= 11 is 0. The maximum absolute atomic E-state index is 15.2. The lowest BCUT2D eigenvalue weighted by molar-refractivity contribution is -0.223. The molecule has 0 aliphatic heterocycles. The molecule has 8 aliphatic rings. The lowest BCUT2D eigenvalue weighted by Gasteiger charge is -2.61. The Morgan fingerprint density at radius 1 is 0.447 bits per heavy atom. The lowest BCUT2D eigenvalue weighted by Crippen LogP contribution is -2.67. The first-order valence-electron chi connectivity index (χ1n) is 13.2. The SMILES string of the molecule is O=C(Oc1ccc(OC(=O)C23CC4(F)CC(F)(CC(F)(C4)C2)C3)cc1)C12CC3(F)CC(F)(CC(F)(C3)C1)C2. The lowest BCUT2D eigenvalue weighted by atomic mass is 9.46. The third-order valence-electron chi connectivity index (χ3n) is 9.84. The molecule has 0 heterocycles. The Balaban J connectivity index is 1.06. The average Bonchev–Trinajstić information content (AvgIpc) is 2.68. The first-order chi connectivity index (χ1) is 17.5. The normalized spacial score (nSPS) is 51.7. The Hall–Kier alpha value is -2.26. The van der Waals surface area contributed by atoms with Gasteiger partial charge in [-0.3, -0.25) is 9.59 Å². The Morgan fingerprint density at radius 2 is 0.658 bits per heavy atom. The number of hydrogen-bond donors (Lipinski definition) is 0. The zero-order valence-corrected chi connectivity index (χ0v) is 20.7. The molecule has 0 saturated heterocycles. The molecule has 10 heteroatoms. The van der Waals surface area contributed by atoms with E-state index in [-0.39, 0.29) is 50.0 Å². The standard InChI is InChI=1S/C28H28F6O4/c29-23-5-21(6-24(30,11-23)13-25(31,7-21)12-23)19(35)37-17-1-2-18(4-3-17)38-20(36)22-8-26(32)14-27(33,9-22)16-28(34,10-22)15-26/h1-4H,5-16H2. The topological polar surface area (TPSA) is 52.6 Å². The van der Waals surface area contributed by atoms with Gasteiger partial charge in [0.1, 0.15) is 45.5 Å². The van der Waals surface area contributed by atoms with Gasteiger partial charge in [-0.1, -0.05) is 0 Å². The molecule has 0 unspecified atom stereocenters. The zero-order valence-electron chi connectivity index (χ0n) is 20.7. The molecule has 8 aliphatic carbocycles. The molecule has 0 amide bonds. The monoisotopic (exact) mass is 542 g/mol. The minimum absolute atomic E-state index is 0.00204. The van der Waals surface area contributed by atoms with Crippen molar-refractivity contribution in [3.63, 3.8) is 0 Å². The second-order valence-electron chi connectivity index (χ2n) is 13.8. The highest BCUT2D eigenvalue weighted by Crippen LogP contribution is 2.69. The van der Waals surface area contributed by atoms with Gasteiger partial charge in [-0.05, 0) is 62.8 Å². The molecule has 206 valence electrons. The van der Waals surface area contributed by atoms with E-state index in [1.165, 1.54) is 24.3 Å². The van der Waals surface area contributed by atoms with Gasteiger partial charge in [0.05, 0.1) is 10.8 Å². The summed E-state index contributed by atoms with van der Waals surface area (Å²) < 4.78 is 102. The van der Waals surface area contributed by atoms with Gasteiger partial charge < -0.3 is 9.47 Å². The molecule has 8 fully saturated rings. The van der Waals surface area contributed by atoms with Gasteiger partial charge in [0.15, 0.2) is 0 Å². The smallest absolute Gasteiger partial charge is 0.317 e. The number of carbonyl (C=O) groups is 2. The minimum atomic E-state index is -2.10. The highest BCUT2D eigenvalue weighted by molar-refractivity contribution is 5.82. The van der Waals surface area contributed by atoms with Gasteiger partial charge in [-0.15, -0.1) is 0 Å². The van der Waals surface area contributed by atoms with E-state index in [1.54, 1.807) is 0 Å². The summed E-state index contributed by atoms with van der Waals surface area (Å²) in [5, 5.41) is 0. The van der Waals surface area contributed by atoms with Crippen molar-refractivity contribution in [2.45, 2.75) is 111 Å². The molecule has 0 N–H and O–H groups in total. The van der Waals surface area contributed by atoms with Crippen LogP contribution in [0.25, 0.3) is 0 Å². The first-order valence-corrected chi connectivity index (χ1v) is 13.2. The van der Waals surface area contributed by atoms with E-state index in [4.69, 9.17) is 9.47 Å². The fourth-order valence-corrected chi connectivity index (χ4v) is 9.98. The predicted octanol–water partition coefficient (Wildman–Crippen LogP) is 6.48. The number of rotatable bonds is 4.